The highest BCUT2D eigenvalue weighted by Crippen LogP contribution is 2.29. The van der Waals surface area contributed by atoms with Gasteiger partial charge >= 0.3 is 0 Å². The maximum absolute atomic E-state index is 12.7. The summed E-state index contributed by atoms with van der Waals surface area (Å²) in [4.78, 5) is 13.7. The third-order valence-electron chi connectivity index (χ3n) is 3.22. The Balaban J connectivity index is 2.09. The van der Waals surface area contributed by atoms with E-state index in [0.717, 1.165) is 12.1 Å². The fourth-order valence-corrected chi connectivity index (χ4v) is 3.57. The second kappa shape index (κ2) is 6.49. The van der Waals surface area contributed by atoms with Gasteiger partial charge < -0.3 is 0 Å². The van der Waals surface area contributed by atoms with Crippen molar-refractivity contribution in [3.05, 3.63) is 70.3 Å². The Kier molecular flexibility index (Phi) is 4.38. The maximum Gasteiger partial charge on any atom is 0.289 e. The number of aromatic nitrogens is 3. The smallest absolute Gasteiger partial charge is 0.277 e. The van der Waals surface area contributed by atoms with Gasteiger partial charge in [0.1, 0.15) is 12.7 Å². The number of rotatable bonds is 5. The number of nitrogens with zero attached hydrogens (tertiary/aromatic N) is 4. The average molecular weight is 380 g/mol. The molecule has 1 heterocycles. The molecule has 0 radical (unpaired) electrons. The summed E-state index contributed by atoms with van der Waals surface area (Å²) < 4.78 is 29.0. The summed E-state index contributed by atoms with van der Waals surface area (Å²) in [6, 6.07) is 9.54. The van der Waals surface area contributed by atoms with Crippen molar-refractivity contribution in [3.63, 3.8) is 0 Å². The Bertz CT molecular complexity index is 1040. The van der Waals surface area contributed by atoms with Gasteiger partial charge in [-0.05, 0) is 24.3 Å². The van der Waals surface area contributed by atoms with Crippen LogP contribution in [0.3, 0.4) is 0 Å². The number of hydrogen-bond acceptors (Lipinski definition) is 6. The quantitative estimate of drug-likeness (QED) is 0.537. The van der Waals surface area contributed by atoms with Crippen LogP contribution in [0.25, 0.3) is 5.69 Å². The third-order valence-corrected chi connectivity index (χ3v) is 4.87. The van der Waals surface area contributed by atoms with E-state index in [1.807, 2.05) is 0 Å². The van der Waals surface area contributed by atoms with Gasteiger partial charge in [-0.2, -0.15) is 5.10 Å². The van der Waals surface area contributed by atoms with Gasteiger partial charge in [0, 0.05) is 11.1 Å². The topological polar surface area (TPSA) is 120 Å². The van der Waals surface area contributed by atoms with Crippen LogP contribution < -0.4 is 4.72 Å². The Morgan fingerprint density at radius 3 is 2.64 bits per heavy atom. The molecule has 0 bridgehead atoms. The van der Waals surface area contributed by atoms with Gasteiger partial charge in [0.25, 0.3) is 15.7 Å². The number of nitro groups is 1. The summed E-state index contributed by atoms with van der Waals surface area (Å²) in [6.45, 7) is 0. The van der Waals surface area contributed by atoms with Crippen LogP contribution in [-0.4, -0.2) is 28.1 Å². The molecule has 0 atom stereocenters. The molecule has 11 heteroatoms. The van der Waals surface area contributed by atoms with Crippen molar-refractivity contribution in [1.82, 2.24) is 14.8 Å². The second-order valence-electron chi connectivity index (χ2n) is 4.83. The SMILES string of the molecule is O=[N+]([O-])c1ccccc1S(=O)(=O)Nc1cc(Cl)ccc1-n1cncn1. The van der Waals surface area contributed by atoms with Gasteiger partial charge in [0.15, 0.2) is 4.90 Å². The monoisotopic (exact) mass is 379 g/mol. The molecule has 128 valence electrons. The Hall–Kier alpha value is -2.98. The molecule has 3 rings (SSSR count). The minimum absolute atomic E-state index is 0.108. The van der Waals surface area contributed by atoms with E-state index in [1.165, 1.54) is 35.5 Å². The van der Waals surface area contributed by atoms with E-state index in [2.05, 4.69) is 14.8 Å². The van der Waals surface area contributed by atoms with E-state index in [1.54, 1.807) is 12.1 Å². The van der Waals surface area contributed by atoms with E-state index < -0.39 is 25.5 Å². The number of benzene rings is 2. The molecule has 1 N–H and O–H groups in total. The maximum atomic E-state index is 12.7. The minimum atomic E-state index is -4.23. The first-order chi connectivity index (χ1) is 11.9. The highest BCUT2D eigenvalue weighted by molar-refractivity contribution is 7.92. The highest BCUT2D eigenvalue weighted by Gasteiger charge is 2.26. The van der Waals surface area contributed by atoms with E-state index in [0.29, 0.717) is 5.69 Å². The fourth-order valence-electron chi connectivity index (χ4n) is 2.16. The highest BCUT2D eigenvalue weighted by atomic mass is 35.5. The lowest BCUT2D eigenvalue weighted by atomic mass is 10.3. The number of para-hydroxylation sites is 1. The van der Waals surface area contributed by atoms with Crippen LogP contribution in [0.5, 0.6) is 0 Å². The zero-order valence-corrected chi connectivity index (χ0v) is 14.0. The van der Waals surface area contributed by atoms with Crippen LogP contribution in [0, 0.1) is 10.1 Å². The van der Waals surface area contributed by atoms with E-state index >= 15 is 0 Å². The molecule has 0 saturated heterocycles. The Labute approximate surface area is 147 Å². The van der Waals surface area contributed by atoms with E-state index in [-0.39, 0.29) is 10.7 Å². The van der Waals surface area contributed by atoms with Gasteiger partial charge in [-0.15, -0.1) is 0 Å². The Morgan fingerprint density at radius 1 is 1.20 bits per heavy atom. The van der Waals surface area contributed by atoms with Gasteiger partial charge in [-0.25, -0.2) is 18.1 Å². The van der Waals surface area contributed by atoms with Crippen LogP contribution in [-0.2, 0) is 10.0 Å². The summed E-state index contributed by atoms with van der Waals surface area (Å²) >= 11 is 5.95. The van der Waals surface area contributed by atoms with Crippen molar-refractivity contribution < 1.29 is 13.3 Å². The normalized spacial score (nSPS) is 11.2. The lowest BCUT2D eigenvalue weighted by Crippen LogP contribution is -2.16. The molecule has 0 saturated carbocycles. The van der Waals surface area contributed by atoms with Crippen LogP contribution in [0.1, 0.15) is 0 Å². The second-order valence-corrected chi connectivity index (χ2v) is 6.92. The molecule has 0 unspecified atom stereocenters. The summed E-state index contributed by atoms with van der Waals surface area (Å²) in [6.07, 6.45) is 2.67. The van der Waals surface area contributed by atoms with Crippen molar-refractivity contribution in [1.29, 1.82) is 0 Å². The van der Waals surface area contributed by atoms with Crippen LogP contribution in [0.2, 0.25) is 5.02 Å². The predicted octanol–water partition coefficient (Wildman–Crippen LogP) is 2.63. The van der Waals surface area contributed by atoms with Gasteiger partial charge in [-0.1, -0.05) is 23.7 Å². The first-order valence-electron chi connectivity index (χ1n) is 6.79. The number of nitrogens with one attached hydrogen (secondary N) is 1. The molecular formula is C14H10ClN5O4S. The van der Waals surface area contributed by atoms with Crippen LogP contribution >= 0.6 is 11.6 Å². The van der Waals surface area contributed by atoms with E-state index in [4.69, 9.17) is 11.6 Å². The molecular weight excluding hydrogens is 370 g/mol. The average Bonchev–Trinajstić information content (AvgIpc) is 3.09. The first kappa shape index (κ1) is 16.9. The molecule has 1 aromatic heterocycles. The largest absolute Gasteiger partial charge is 0.289 e. The summed E-state index contributed by atoms with van der Waals surface area (Å²) in [7, 11) is -4.23. The Morgan fingerprint density at radius 2 is 1.96 bits per heavy atom. The zero-order valence-electron chi connectivity index (χ0n) is 12.4. The predicted molar refractivity (Wildman–Crippen MR) is 90.3 cm³/mol. The third kappa shape index (κ3) is 3.44. The van der Waals surface area contributed by atoms with Crippen molar-refractivity contribution in [2.24, 2.45) is 0 Å². The van der Waals surface area contributed by atoms with Crippen molar-refractivity contribution >= 4 is 33.0 Å². The van der Waals surface area contributed by atoms with Crippen molar-refractivity contribution in [2.75, 3.05) is 4.72 Å². The lowest BCUT2D eigenvalue weighted by molar-refractivity contribution is -0.387. The molecule has 0 aliphatic rings. The molecule has 9 nitrogen and oxygen atoms in total. The first-order valence-corrected chi connectivity index (χ1v) is 8.65. The standard InChI is InChI=1S/C14H10ClN5O4S/c15-10-5-6-12(19-9-16-8-17-19)11(7-10)18-25(23,24)14-4-2-1-3-13(14)20(21)22/h1-9,18H. The van der Waals surface area contributed by atoms with E-state index in [9.17, 15) is 18.5 Å². The lowest BCUT2D eigenvalue weighted by Gasteiger charge is -2.13. The molecule has 0 aliphatic heterocycles. The summed E-state index contributed by atoms with van der Waals surface area (Å²) in [5.41, 5.74) is -0.0560. The molecule has 3 aromatic rings. The number of halogens is 1. The molecule has 25 heavy (non-hydrogen) atoms. The summed E-state index contributed by atoms with van der Waals surface area (Å²) in [5, 5.41) is 15.3. The van der Waals surface area contributed by atoms with Crippen molar-refractivity contribution in [2.45, 2.75) is 4.90 Å². The minimum Gasteiger partial charge on any atom is -0.277 e. The fraction of sp³-hybridized carbons (Fsp3) is 0. The van der Waals surface area contributed by atoms with Gasteiger partial charge in [0.05, 0.1) is 16.3 Å². The molecule has 0 aliphatic carbocycles. The van der Waals surface area contributed by atoms with Crippen molar-refractivity contribution in [3.8, 4) is 5.69 Å². The molecule has 0 spiro atoms. The molecule has 0 amide bonds. The molecule has 2 aromatic carbocycles. The number of anilines is 1. The zero-order chi connectivity index (χ0) is 18.0. The van der Waals surface area contributed by atoms with Crippen LogP contribution in [0.4, 0.5) is 11.4 Å². The number of nitro benzene ring substituents is 1. The van der Waals surface area contributed by atoms with Crippen LogP contribution in [0.15, 0.2) is 60.0 Å². The molecule has 0 fully saturated rings. The van der Waals surface area contributed by atoms with Gasteiger partial charge in [-0.3, -0.25) is 14.8 Å². The number of sulfonamides is 1. The summed E-state index contributed by atoms with van der Waals surface area (Å²) in [5.74, 6) is 0. The number of hydrogen-bond donors (Lipinski definition) is 1. The van der Waals surface area contributed by atoms with Gasteiger partial charge in [0.2, 0.25) is 0 Å².